The van der Waals surface area contributed by atoms with Gasteiger partial charge in [-0.05, 0) is 38.3 Å². The third kappa shape index (κ3) is 3.45. The molecule has 0 aliphatic carbocycles. The summed E-state index contributed by atoms with van der Waals surface area (Å²) < 4.78 is 5.01. The number of rotatable bonds is 4. The van der Waals surface area contributed by atoms with E-state index in [-0.39, 0.29) is 17.2 Å². The largest absolute Gasteiger partial charge is 0.351 e. The van der Waals surface area contributed by atoms with E-state index in [2.05, 4.69) is 53.5 Å². The molecular weight excluding hydrogens is 290 g/mol. The Morgan fingerprint density at radius 1 is 1.35 bits per heavy atom. The summed E-state index contributed by atoms with van der Waals surface area (Å²) in [5, 5.41) is 6.71. The highest BCUT2D eigenvalue weighted by atomic mass is 16.5. The summed E-state index contributed by atoms with van der Waals surface area (Å²) >= 11 is 0. The van der Waals surface area contributed by atoms with Crippen molar-refractivity contribution in [3.63, 3.8) is 0 Å². The Hall–Kier alpha value is -2.14. The standard InChI is InChI=1S/C18H23N3O2/c1-13-10-16(23-20-13)17(22)19-12-18(2,3)21-9-8-14-6-4-5-7-15(14)11-21/h4-7,10H,8-9,11-12H2,1-3H3,(H,19,22). The Morgan fingerprint density at radius 2 is 2.09 bits per heavy atom. The zero-order valence-corrected chi connectivity index (χ0v) is 13.9. The summed E-state index contributed by atoms with van der Waals surface area (Å²) in [5.41, 5.74) is 3.39. The molecule has 1 aromatic heterocycles. The Bertz CT molecular complexity index is 706. The van der Waals surface area contributed by atoms with Crippen LogP contribution in [0.15, 0.2) is 34.9 Å². The van der Waals surface area contributed by atoms with Crippen LogP contribution >= 0.6 is 0 Å². The van der Waals surface area contributed by atoms with Crippen LogP contribution in [0.25, 0.3) is 0 Å². The Balaban J connectivity index is 1.62. The van der Waals surface area contributed by atoms with E-state index in [1.807, 2.05) is 0 Å². The maximum Gasteiger partial charge on any atom is 0.289 e. The number of amides is 1. The molecule has 0 fully saturated rings. The first-order valence-electron chi connectivity index (χ1n) is 7.99. The number of nitrogens with one attached hydrogen (secondary N) is 1. The molecule has 0 spiro atoms. The van der Waals surface area contributed by atoms with Crippen molar-refractivity contribution in [1.82, 2.24) is 15.4 Å². The SMILES string of the molecule is Cc1cc(C(=O)NCC(C)(C)N2CCc3ccccc3C2)on1. The fourth-order valence-electron chi connectivity index (χ4n) is 2.98. The van der Waals surface area contributed by atoms with Crippen LogP contribution in [-0.4, -0.2) is 34.6 Å². The highest BCUT2D eigenvalue weighted by Gasteiger charge is 2.30. The van der Waals surface area contributed by atoms with Crippen molar-refractivity contribution in [2.45, 2.75) is 39.3 Å². The highest BCUT2D eigenvalue weighted by Crippen LogP contribution is 2.25. The topological polar surface area (TPSA) is 58.4 Å². The van der Waals surface area contributed by atoms with Gasteiger partial charge in [-0.25, -0.2) is 0 Å². The number of nitrogens with zero attached hydrogens (tertiary/aromatic N) is 2. The normalized spacial score (nSPS) is 15.3. The van der Waals surface area contributed by atoms with Crippen LogP contribution in [0, 0.1) is 6.92 Å². The fourth-order valence-corrected chi connectivity index (χ4v) is 2.98. The van der Waals surface area contributed by atoms with Gasteiger partial charge in [-0.15, -0.1) is 0 Å². The molecule has 2 heterocycles. The average Bonchev–Trinajstić information content (AvgIpc) is 2.99. The van der Waals surface area contributed by atoms with Crippen LogP contribution in [0.5, 0.6) is 0 Å². The van der Waals surface area contributed by atoms with Gasteiger partial charge in [0.05, 0.1) is 5.69 Å². The number of carbonyl (C=O) groups excluding carboxylic acids is 1. The van der Waals surface area contributed by atoms with Crippen LogP contribution in [-0.2, 0) is 13.0 Å². The van der Waals surface area contributed by atoms with Crippen LogP contribution in [0.3, 0.4) is 0 Å². The molecule has 1 N–H and O–H groups in total. The minimum atomic E-state index is -0.212. The van der Waals surface area contributed by atoms with Gasteiger partial charge in [0.2, 0.25) is 5.76 Å². The summed E-state index contributed by atoms with van der Waals surface area (Å²) in [5.74, 6) is 0.0541. The lowest BCUT2D eigenvalue weighted by molar-refractivity contribution is 0.0798. The van der Waals surface area contributed by atoms with Crippen LogP contribution in [0.2, 0.25) is 0 Å². The van der Waals surface area contributed by atoms with E-state index in [1.165, 1.54) is 11.1 Å². The Morgan fingerprint density at radius 3 is 2.78 bits per heavy atom. The summed E-state index contributed by atoms with van der Waals surface area (Å²) in [6.45, 7) is 8.60. The van der Waals surface area contributed by atoms with Gasteiger partial charge in [0.15, 0.2) is 0 Å². The summed E-state index contributed by atoms with van der Waals surface area (Å²) in [6.07, 6.45) is 1.05. The molecule has 0 bridgehead atoms. The van der Waals surface area contributed by atoms with Gasteiger partial charge in [0.1, 0.15) is 0 Å². The predicted octanol–water partition coefficient (Wildman–Crippen LogP) is 2.55. The van der Waals surface area contributed by atoms with Crippen LogP contribution < -0.4 is 5.32 Å². The summed E-state index contributed by atoms with van der Waals surface area (Å²) in [6, 6.07) is 10.2. The Labute approximate surface area is 136 Å². The second-order valence-electron chi connectivity index (χ2n) is 6.77. The monoisotopic (exact) mass is 313 g/mol. The van der Waals surface area contributed by atoms with E-state index >= 15 is 0 Å². The fraction of sp³-hybridized carbons (Fsp3) is 0.444. The first-order chi connectivity index (χ1) is 11.0. The zero-order valence-electron chi connectivity index (χ0n) is 13.9. The number of hydrogen-bond donors (Lipinski definition) is 1. The smallest absolute Gasteiger partial charge is 0.289 e. The molecule has 1 amide bonds. The van der Waals surface area contributed by atoms with Crippen molar-refractivity contribution < 1.29 is 9.32 Å². The maximum absolute atomic E-state index is 12.1. The second kappa shape index (κ2) is 6.16. The summed E-state index contributed by atoms with van der Waals surface area (Å²) in [7, 11) is 0. The molecule has 0 atom stereocenters. The molecule has 1 aliphatic rings. The lowest BCUT2D eigenvalue weighted by Crippen LogP contribution is -2.53. The molecule has 0 saturated carbocycles. The molecule has 0 unspecified atom stereocenters. The molecule has 23 heavy (non-hydrogen) atoms. The molecule has 2 aromatic rings. The van der Waals surface area contributed by atoms with E-state index in [0.717, 1.165) is 19.5 Å². The van der Waals surface area contributed by atoms with Gasteiger partial charge in [0.25, 0.3) is 5.91 Å². The maximum atomic E-state index is 12.1. The predicted molar refractivity (Wildman–Crippen MR) is 88.2 cm³/mol. The van der Waals surface area contributed by atoms with Crippen molar-refractivity contribution in [3.8, 4) is 0 Å². The van der Waals surface area contributed by atoms with Gasteiger partial charge < -0.3 is 9.84 Å². The summed E-state index contributed by atoms with van der Waals surface area (Å²) in [4.78, 5) is 14.5. The molecule has 0 saturated heterocycles. The van der Waals surface area contributed by atoms with Gasteiger partial charge in [-0.2, -0.15) is 0 Å². The number of benzene rings is 1. The van der Waals surface area contributed by atoms with Gasteiger partial charge in [0, 0.05) is 31.2 Å². The van der Waals surface area contributed by atoms with E-state index < -0.39 is 0 Å². The minimum Gasteiger partial charge on any atom is -0.351 e. The molecule has 1 aliphatic heterocycles. The van der Waals surface area contributed by atoms with Gasteiger partial charge >= 0.3 is 0 Å². The number of fused-ring (bicyclic) bond motifs is 1. The van der Waals surface area contributed by atoms with Crippen molar-refractivity contribution in [1.29, 1.82) is 0 Å². The van der Waals surface area contributed by atoms with Crippen molar-refractivity contribution in [2.24, 2.45) is 0 Å². The lowest BCUT2D eigenvalue weighted by atomic mass is 9.94. The zero-order chi connectivity index (χ0) is 16.4. The molecular formula is C18H23N3O2. The number of carbonyl (C=O) groups is 1. The molecule has 122 valence electrons. The van der Waals surface area contributed by atoms with Crippen molar-refractivity contribution in [3.05, 3.63) is 52.9 Å². The van der Waals surface area contributed by atoms with E-state index in [4.69, 9.17) is 4.52 Å². The van der Waals surface area contributed by atoms with E-state index in [9.17, 15) is 4.79 Å². The third-order valence-electron chi connectivity index (χ3n) is 4.52. The minimum absolute atomic E-state index is 0.127. The number of aromatic nitrogens is 1. The Kier molecular flexibility index (Phi) is 4.22. The number of aryl methyl sites for hydroxylation is 1. The van der Waals surface area contributed by atoms with Crippen LogP contribution in [0.1, 0.15) is 41.2 Å². The van der Waals surface area contributed by atoms with E-state index in [0.29, 0.717) is 12.2 Å². The highest BCUT2D eigenvalue weighted by molar-refractivity contribution is 5.91. The first kappa shape index (κ1) is 15.7. The third-order valence-corrected chi connectivity index (χ3v) is 4.52. The quantitative estimate of drug-likeness (QED) is 0.942. The number of hydrogen-bond acceptors (Lipinski definition) is 4. The first-order valence-corrected chi connectivity index (χ1v) is 7.99. The van der Waals surface area contributed by atoms with E-state index in [1.54, 1.807) is 13.0 Å². The average molecular weight is 313 g/mol. The van der Waals surface area contributed by atoms with Gasteiger partial charge in [-0.3, -0.25) is 9.69 Å². The van der Waals surface area contributed by atoms with Gasteiger partial charge in [-0.1, -0.05) is 29.4 Å². The molecule has 5 nitrogen and oxygen atoms in total. The molecule has 0 radical (unpaired) electrons. The van der Waals surface area contributed by atoms with Crippen molar-refractivity contribution >= 4 is 5.91 Å². The van der Waals surface area contributed by atoms with Crippen molar-refractivity contribution in [2.75, 3.05) is 13.1 Å². The second-order valence-corrected chi connectivity index (χ2v) is 6.77. The molecule has 1 aromatic carbocycles. The molecule has 5 heteroatoms. The molecule has 3 rings (SSSR count). The lowest BCUT2D eigenvalue weighted by Gasteiger charge is -2.41. The van der Waals surface area contributed by atoms with Crippen LogP contribution in [0.4, 0.5) is 0 Å².